The first-order chi connectivity index (χ1) is 9.08. The third-order valence-electron chi connectivity index (χ3n) is 4.44. The van der Waals surface area contributed by atoms with Gasteiger partial charge < -0.3 is 0 Å². The van der Waals surface area contributed by atoms with Crippen LogP contribution in [0.3, 0.4) is 0 Å². The Morgan fingerprint density at radius 1 is 1.11 bits per heavy atom. The molecule has 0 spiro atoms. The van der Waals surface area contributed by atoms with Crippen LogP contribution < -0.4 is 0 Å². The van der Waals surface area contributed by atoms with E-state index in [1.54, 1.807) is 13.8 Å². The molecule has 1 saturated carbocycles. The second kappa shape index (κ2) is 4.44. The van der Waals surface area contributed by atoms with Crippen LogP contribution >= 0.6 is 0 Å². The van der Waals surface area contributed by atoms with Crippen LogP contribution in [0.2, 0.25) is 0 Å². The number of ketones is 2. The summed E-state index contributed by atoms with van der Waals surface area (Å²) in [5.74, 6) is 0.653. The summed E-state index contributed by atoms with van der Waals surface area (Å²) in [6, 6.07) is 0. The maximum atomic E-state index is 12.0. The van der Waals surface area contributed by atoms with E-state index in [9.17, 15) is 9.59 Å². The SMILES string of the molecule is CC(=O)C1=CC=CC2CC1C=C1CCC1=C2C(C)=O. The minimum absolute atomic E-state index is 0.138. The molecule has 3 aliphatic rings. The Kier molecular flexibility index (Phi) is 2.89. The van der Waals surface area contributed by atoms with E-state index in [2.05, 4.69) is 12.2 Å². The minimum atomic E-state index is 0.138. The summed E-state index contributed by atoms with van der Waals surface area (Å²) in [5.41, 5.74) is 4.39. The van der Waals surface area contributed by atoms with Crippen molar-refractivity contribution in [3.05, 3.63) is 46.6 Å². The predicted octanol–water partition coefficient (Wildman–Crippen LogP) is 3.31. The van der Waals surface area contributed by atoms with Gasteiger partial charge >= 0.3 is 0 Å². The molecule has 98 valence electrons. The van der Waals surface area contributed by atoms with Crippen molar-refractivity contribution < 1.29 is 9.59 Å². The molecule has 2 heteroatoms. The van der Waals surface area contributed by atoms with Crippen LogP contribution in [0.15, 0.2) is 46.6 Å². The van der Waals surface area contributed by atoms with E-state index in [4.69, 9.17) is 0 Å². The number of carbonyl (C=O) groups excluding carboxylic acids is 2. The van der Waals surface area contributed by atoms with Crippen molar-refractivity contribution in [1.82, 2.24) is 0 Å². The summed E-state index contributed by atoms with van der Waals surface area (Å²) in [6.45, 7) is 3.29. The summed E-state index contributed by atoms with van der Waals surface area (Å²) in [4.78, 5) is 23.7. The molecule has 19 heavy (non-hydrogen) atoms. The van der Waals surface area contributed by atoms with E-state index in [1.165, 1.54) is 11.1 Å². The maximum absolute atomic E-state index is 12.0. The smallest absolute Gasteiger partial charge is 0.156 e. The molecule has 0 radical (unpaired) electrons. The zero-order valence-corrected chi connectivity index (χ0v) is 11.4. The molecule has 2 nitrogen and oxygen atoms in total. The molecule has 0 aromatic heterocycles. The number of allylic oxidation sites excluding steroid dienone is 8. The van der Waals surface area contributed by atoms with Gasteiger partial charge in [-0.1, -0.05) is 24.3 Å². The minimum Gasteiger partial charge on any atom is -0.295 e. The molecule has 0 aromatic rings. The number of carbonyl (C=O) groups is 2. The van der Waals surface area contributed by atoms with Crippen molar-refractivity contribution in [3.63, 3.8) is 0 Å². The Labute approximate surface area is 113 Å². The molecule has 2 bridgehead atoms. The first kappa shape index (κ1) is 12.3. The highest BCUT2D eigenvalue weighted by atomic mass is 16.1. The van der Waals surface area contributed by atoms with Crippen molar-refractivity contribution in [2.75, 3.05) is 0 Å². The van der Waals surface area contributed by atoms with E-state index < -0.39 is 0 Å². The fourth-order valence-electron chi connectivity index (χ4n) is 3.47. The van der Waals surface area contributed by atoms with Crippen molar-refractivity contribution >= 4 is 11.6 Å². The third-order valence-corrected chi connectivity index (χ3v) is 4.44. The second-order valence-electron chi connectivity index (χ2n) is 5.65. The van der Waals surface area contributed by atoms with E-state index >= 15 is 0 Å². The highest BCUT2D eigenvalue weighted by Gasteiger charge is 2.34. The standard InChI is InChI=1S/C17H18O2/c1-10(18)15-5-3-4-13-9-14(15)8-12-6-7-16(12)17(13)11(2)19/h3-5,8,13-14H,6-7,9H2,1-2H3. The van der Waals surface area contributed by atoms with E-state index in [1.807, 2.05) is 12.2 Å². The molecule has 2 unspecified atom stereocenters. The molecule has 0 aliphatic heterocycles. The van der Waals surface area contributed by atoms with Crippen molar-refractivity contribution in [2.45, 2.75) is 33.1 Å². The Balaban J connectivity index is 2.09. The molecule has 0 N–H and O–H groups in total. The van der Waals surface area contributed by atoms with Crippen LogP contribution in [0.4, 0.5) is 0 Å². The molecule has 0 saturated heterocycles. The number of Topliss-reactive ketones (excluding diaryl/α,β-unsaturated/α-hetero) is 2. The van der Waals surface area contributed by atoms with Gasteiger partial charge in [0.05, 0.1) is 0 Å². The normalized spacial score (nSPS) is 28.5. The van der Waals surface area contributed by atoms with Crippen LogP contribution in [-0.4, -0.2) is 11.6 Å². The van der Waals surface area contributed by atoms with Crippen molar-refractivity contribution in [1.29, 1.82) is 0 Å². The summed E-state index contributed by atoms with van der Waals surface area (Å²) < 4.78 is 0. The topological polar surface area (TPSA) is 34.1 Å². The summed E-state index contributed by atoms with van der Waals surface area (Å²) >= 11 is 0. The van der Waals surface area contributed by atoms with E-state index in [-0.39, 0.29) is 23.4 Å². The van der Waals surface area contributed by atoms with E-state index in [0.717, 1.165) is 30.4 Å². The highest BCUT2D eigenvalue weighted by molar-refractivity contribution is 5.97. The van der Waals surface area contributed by atoms with Crippen LogP contribution in [-0.2, 0) is 9.59 Å². The molecule has 0 amide bonds. The lowest BCUT2D eigenvalue weighted by molar-refractivity contribution is -0.114. The predicted molar refractivity (Wildman–Crippen MR) is 74.5 cm³/mol. The zero-order valence-electron chi connectivity index (χ0n) is 11.4. The summed E-state index contributed by atoms with van der Waals surface area (Å²) in [5, 5.41) is 0. The van der Waals surface area contributed by atoms with Gasteiger partial charge in [-0.2, -0.15) is 0 Å². The van der Waals surface area contributed by atoms with Gasteiger partial charge in [0.25, 0.3) is 0 Å². The van der Waals surface area contributed by atoms with E-state index in [0.29, 0.717) is 0 Å². The third kappa shape index (κ3) is 1.95. The zero-order chi connectivity index (χ0) is 13.6. The Bertz CT molecular complexity index is 584. The van der Waals surface area contributed by atoms with Crippen LogP contribution in [0.25, 0.3) is 0 Å². The monoisotopic (exact) mass is 254 g/mol. The second-order valence-corrected chi connectivity index (χ2v) is 5.65. The van der Waals surface area contributed by atoms with Crippen LogP contribution in [0.1, 0.15) is 33.1 Å². The quantitative estimate of drug-likeness (QED) is 0.757. The Hall–Kier alpha value is -1.70. The fourth-order valence-corrected chi connectivity index (χ4v) is 3.47. The summed E-state index contributed by atoms with van der Waals surface area (Å²) in [7, 11) is 0. The number of rotatable bonds is 2. The number of hydrogen-bond donors (Lipinski definition) is 0. The number of fused-ring (bicyclic) bond motifs is 3. The maximum Gasteiger partial charge on any atom is 0.156 e. The molecular weight excluding hydrogens is 236 g/mol. The average molecular weight is 254 g/mol. The fraction of sp³-hybridized carbons (Fsp3) is 0.412. The van der Waals surface area contributed by atoms with Gasteiger partial charge in [-0.05, 0) is 44.3 Å². The largest absolute Gasteiger partial charge is 0.295 e. The molecule has 0 heterocycles. The number of hydrogen-bond acceptors (Lipinski definition) is 2. The molecule has 2 atom stereocenters. The van der Waals surface area contributed by atoms with Gasteiger partial charge in [0.15, 0.2) is 11.6 Å². The summed E-state index contributed by atoms with van der Waals surface area (Å²) in [6.07, 6.45) is 11.1. The molecule has 3 aliphatic carbocycles. The van der Waals surface area contributed by atoms with Crippen molar-refractivity contribution in [2.24, 2.45) is 11.8 Å². The van der Waals surface area contributed by atoms with Gasteiger partial charge in [-0.15, -0.1) is 0 Å². The Morgan fingerprint density at radius 3 is 2.47 bits per heavy atom. The van der Waals surface area contributed by atoms with Crippen LogP contribution in [0.5, 0.6) is 0 Å². The molecular formula is C17H18O2. The van der Waals surface area contributed by atoms with Crippen LogP contribution in [0, 0.1) is 11.8 Å². The molecule has 3 rings (SSSR count). The average Bonchev–Trinajstić information content (AvgIpc) is 2.57. The van der Waals surface area contributed by atoms with Gasteiger partial charge in [0, 0.05) is 23.0 Å². The first-order valence-electron chi connectivity index (χ1n) is 6.92. The van der Waals surface area contributed by atoms with Gasteiger partial charge in [0.2, 0.25) is 0 Å². The highest BCUT2D eigenvalue weighted by Crippen LogP contribution is 2.45. The van der Waals surface area contributed by atoms with Gasteiger partial charge in [0.1, 0.15) is 0 Å². The molecule has 1 fully saturated rings. The Morgan fingerprint density at radius 2 is 1.89 bits per heavy atom. The lowest BCUT2D eigenvalue weighted by Gasteiger charge is -2.26. The van der Waals surface area contributed by atoms with Gasteiger partial charge in [-0.3, -0.25) is 9.59 Å². The lowest BCUT2D eigenvalue weighted by atomic mass is 9.78. The lowest BCUT2D eigenvalue weighted by Crippen LogP contribution is -2.16. The molecule has 0 aromatic carbocycles. The van der Waals surface area contributed by atoms with Crippen molar-refractivity contribution in [3.8, 4) is 0 Å². The first-order valence-corrected chi connectivity index (χ1v) is 6.92. The van der Waals surface area contributed by atoms with Gasteiger partial charge in [-0.25, -0.2) is 0 Å².